The van der Waals surface area contributed by atoms with Crippen molar-refractivity contribution in [1.29, 1.82) is 0 Å². The first-order chi connectivity index (χ1) is 14.1. The molecule has 4 aromatic rings. The van der Waals surface area contributed by atoms with Crippen LogP contribution in [0.3, 0.4) is 0 Å². The molecule has 154 valence electrons. The van der Waals surface area contributed by atoms with Gasteiger partial charge in [-0.15, -0.1) is 0 Å². The van der Waals surface area contributed by atoms with E-state index in [-0.39, 0.29) is 10.3 Å². The number of nitrogens with one attached hydrogen (secondary N) is 1. The summed E-state index contributed by atoms with van der Waals surface area (Å²) in [7, 11) is -3.77. The number of anilines is 1. The van der Waals surface area contributed by atoms with Gasteiger partial charge in [0.25, 0.3) is 10.0 Å². The number of benzene rings is 2. The van der Waals surface area contributed by atoms with Crippen LogP contribution >= 0.6 is 0 Å². The van der Waals surface area contributed by atoms with Crippen LogP contribution in [0.25, 0.3) is 16.5 Å². The average Bonchev–Trinajstić information content (AvgIpc) is 3.06. The molecule has 0 atom stereocenters. The minimum absolute atomic E-state index is 0.0469. The Morgan fingerprint density at radius 1 is 1.00 bits per heavy atom. The summed E-state index contributed by atoms with van der Waals surface area (Å²) < 4.78 is 30.4. The van der Waals surface area contributed by atoms with Crippen LogP contribution in [0, 0.1) is 6.92 Å². The Morgan fingerprint density at radius 3 is 2.43 bits per heavy atom. The number of hydrogen-bond donors (Lipinski definition) is 1. The number of rotatable bonds is 4. The van der Waals surface area contributed by atoms with Gasteiger partial charge in [0.1, 0.15) is 5.82 Å². The monoisotopic (exact) mass is 420 g/mol. The molecule has 2 heterocycles. The summed E-state index contributed by atoms with van der Waals surface area (Å²) in [5.41, 5.74) is 2.52. The number of hydrogen-bond acceptors (Lipinski definition) is 4. The van der Waals surface area contributed by atoms with Crippen LogP contribution in [0.4, 0.5) is 5.82 Å². The van der Waals surface area contributed by atoms with E-state index in [4.69, 9.17) is 0 Å². The molecule has 0 fully saturated rings. The first-order valence-corrected chi connectivity index (χ1v) is 11.2. The van der Waals surface area contributed by atoms with Crippen LogP contribution in [0.1, 0.15) is 32.0 Å². The van der Waals surface area contributed by atoms with Gasteiger partial charge in [-0.25, -0.2) is 13.1 Å². The van der Waals surface area contributed by atoms with E-state index in [1.54, 1.807) is 35.3 Å². The maximum Gasteiger partial charge on any atom is 0.263 e. The van der Waals surface area contributed by atoms with Crippen molar-refractivity contribution in [2.24, 2.45) is 0 Å². The molecule has 0 saturated carbocycles. The minimum atomic E-state index is -3.77. The Labute approximate surface area is 176 Å². The zero-order valence-corrected chi connectivity index (χ0v) is 18.2. The zero-order valence-electron chi connectivity index (χ0n) is 17.4. The Balaban J connectivity index is 1.74. The smallest absolute Gasteiger partial charge is 0.263 e. The van der Waals surface area contributed by atoms with Crippen LogP contribution in [-0.2, 0) is 15.4 Å². The fourth-order valence-electron chi connectivity index (χ4n) is 3.38. The second kappa shape index (κ2) is 7.25. The third-order valence-corrected chi connectivity index (χ3v) is 6.36. The van der Waals surface area contributed by atoms with Crippen molar-refractivity contribution in [3.8, 4) is 5.69 Å². The molecule has 0 radical (unpaired) electrons. The third-order valence-electron chi connectivity index (χ3n) is 4.99. The summed E-state index contributed by atoms with van der Waals surface area (Å²) in [5, 5.41) is 6.41. The molecule has 6 nitrogen and oxygen atoms in total. The molecule has 0 unspecified atom stereocenters. The van der Waals surface area contributed by atoms with Gasteiger partial charge in [0.2, 0.25) is 0 Å². The van der Waals surface area contributed by atoms with Gasteiger partial charge in [0.15, 0.2) is 0 Å². The van der Waals surface area contributed by atoms with Crippen LogP contribution in [0.5, 0.6) is 0 Å². The SMILES string of the molecule is Cc1cc(NS(=O)(=O)c2ccc(C(C)(C)C)cc2)n(-c2cccc3cnccc23)n1. The molecule has 0 aliphatic carbocycles. The van der Waals surface area contributed by atoms with Gasteiger partial charge in [0, 0.05) is 29.2 Å². The molecule has 0 aliphatic rings. The van der Waals surface area contributed by atoms with Crippen molar-refractivity contribution in [3.63, 3.8) is 0 Å². The fraction of sp³-hybridized carbons (Fsp3) is 0.217. The maximum atomic E-state index is 13.1. The molecular formula is C23H24N4O2S. The molecular weight excluding hydrogens is 396 g/mol. The molecule has 0 bridgehead atoms. The van der Waals surface area contributed by atoms with Gasteiger partial charge in [-0.1, -0.05) is 45.0 Å². The number of nitrogens with zero attached hydrogens (tertiary/aromatic N) is 3. The van der Waals surface area contributed by atoms with Gasteiger partial charge in [-0.05, 0) is 42.2 Å². The lowest BCUT2D eigenvalue weighted by Crippen LogP contribution is -2.17. The topological polar surface area (TPSA) is 76.9 Å². The minimum Gasteiger partial charge on any atom is -0.264 e. The first kappa shape index (κ1) is 20.1. The van der Waals surface area contributed by atoms with Crippen molar-refractivity contribution in [2.75, 3.05) is 4.72 Å². The van der Waals surface area contributed by atoms with E-state index in [1.165, 1.54) is 0 Å². The highest BCUT2D eigenvalue weighted by molar-refractivity contribution is 7.92. The lowest BCUT2D eigenvalue weighted by atomic mass is 9.87. The van der Waals surface area contributed by atoms with E-state index < -0.39 is 10.0 Å². The molecule has 0 spiro atoms. The van der Waals surface area contributed by atoms with E-state index in [0.717, 1.165) is 22.0 Å². The van der Waals surface area contributed by atoms with Crippen LogP contribution in [-0.4, -0.2) is 23.2 Å². The second-order valence-electron chi connectivity index (χ2n) is 8.34. The van der Waals surface area contributed by atoms with Gasteiger partial charge in [0.05, 0.1) is 16.3 Å². The highest BCUT2D eigenvalue weighted by atomic mass is 32.2. The Hall–Kier alpha value is -3.19. The Kier molecular flexibility index (Phi) is 4.86. The highest BCUT2D eigenvalue weighted by Crippen LogP contribution is 2.27. The van der Waals surface area contributed by atoms with Gasteiger partial charge in [-0.2, -0.15) is 5.10 Å². The van der Waals surface area contributed by atoms with Crippen LogP contribution in [0.15, 0.2) is 71.9 Å². The number of aromatic nitrogens is 3. The van der Waals surface area contributed by atoms with Crippen LogP contribution in [0.2, 0.25) is 0 Å². The second-order valence-corrected chi connectivity index (χ2v) is 10.0. The van der Waals surface area contributed by atoms with Crippen molar-refractivity contribution in [3.05, 3.63) is 78.2 Å². The van der Waals surface area contributed by atoms with Gasteiger partial charge in [-0.3, -0.25) is 9.71 Å². The largest absolute Gasteiger partial charge is 0.264 e. The van der Waals surface area contributed by atoms with E-state index in [9.17, 15) is 8.42 Å². The zero-order chi connectivity index (χ0) is 21.5. The normalized spacial score (nSPS) is 12.3. The number of pyridine rings is 1. The van der Waals surface area contributed by atoms with Crippen molar-refractivity contribution >= 4 is 26.6 Å². The van der Waals surface area contributed by atoms with E-state index in [0.29, 0.717) is 11.5 Å². The predicted molar refractivity (Wildman–Crippen MR) is 120 cm³/mol. The number of aryl methyl sites for hydroxylation is 1. The molecule has 2 aromatic heterocycles. The lowest BCUT2D eigenvalue weighted by molar-refractivity contribution is 0.587. The Morgan fingerprint density at radius 2 is 1.73 bits per heavy atom. The maximum absolute atomic E-state index is 13.1. The molecule has 7 heteroatoms. The number of fused-ring (bicyclic) bond motifs is 1. The highest BCUT2D eigenvalue weighted by Gasteiger charge is 2.20. The molecule has 30 heavy (non-hydrogen) atoms. The van der Waals surface area contributed by atoms with Crippen LogP contribution < -0.4 is 4.72 Å². The summed E-state index contributed by atoms with van der Waals surface area (Å²) in [4.78, 5) is 4.37. The van der Waals surface area contributed by atoms with E-state index in [1.807, 2.05) is 43.3 Å². The molecule has 0 saturated heterocycles. The predicted octanol–water partition coefficient (Wildman–Crippen LogP) is 4.83. The molecule has 0 aliphatic heterocycles. The Bertz CT molecular complexity index is 1310. The van der Waals surface area contributed by atoms with Crippen molar-refractivity contribution in [1.82, 2.24) is 14.8 Å². The number of sulfonamides is 1. The summed E-state index contributed by atoms with van der Waals surface area (Å²) in [6.07, 6.45) is 3.48. The summed E-state index contributed by atoms with van der Waals surface area (Å²) >= 11 is 0. The first-order valence-electron chi connectivity index (χ1n) is 9.68. The van der Waals surface area contributed by atoms with Crippen molar-refractivity contribution < 1.29 is 8.42 Å². The van der Waals surface area contributed by atoms with Gasteiger partial charge >= 0.3 is 0 Å². The van der Waals surface area contributed by atoms with Crippen molar-refractivity contribution in [2.45, 2.75) is 38.0 Å². The quantitative estimate of drug-likeness (QED) is 0.513. The van der Waals surface area contributed by atoms with Gasteiger partial charge < -0.3 is 0 Å². The standard InChI is InChI=1S/C23H24N4O2S/c1-16-14-22(26-30(28,29)19-10-8-18(9-11-19)23(2,3)4)27(25-16)21-7-5-6-17-15-24-13-12-20(17)21/h5-15,26H,1-4H3. The lowest BCUT2D eigenvalue weighted by Gasteiger charge is -2.19. The van der Waals surface area contributed by atoms with E-state index in [2.05, 4.69) is 35.6 Å². The fourth-order valence-corrected chi connectivity index (χ4v) is 4.41. The third kappa shape index (κ3) is 3.80. The summed E-state index contributed by atoms with van der Waals surface area (Å²) in [6, 6.07) is 16.4. The molecule has 4 rings (SSSR count). The molecule has 1 N–H and O–H groups in total. The average molecular weight is 421 g/mol. The summed E-state index contributed by atoms with van der Waals surface area (Å²) in [5.74, 6) is 0.386. The molecule has 2 aromatic carbocycles. The summed E-state index contributed by atoms with van der Waals surface area (Å²) in [6.45, 7) is 8.11. The molecule has 0 amide bonds. The van der Waals surface area contributed by atoms with E-state index >= 15 is 0 Å².